The van der Waals surface area contributed by atoms with Crippen LogP contribution in [0.15, 0.2) is 48.9 Å². The minimum Gasteiger partial charge on any atom is -0.482 e. The van der Waals surface area contributed by atoms with Crippen LogP contribution in [-0.2, 0) is 9.53 Å². The molecule has 1 saturated heterocycles. The standard InChI is InChI=1S/C17H19N3O4/c21-16(12-23-13-4-3-7-18-10-13)20-14-6-9-22-11-15(14)24-17-5-1-2-8-19-17/h1-5,7-8,10,14-15H,6,9,11-12H2,(H,20,21)/t14-,15-/m1/s1. The Bertz CT molecular complexity index is 639. The van der Waals surface area contributed by atoms with Crippen molar-refractivity contribution in [3.63, 3.8) is 0 Å². The van der Waals surface area contributed by atoms with E-state index in [1.807, 2.05) is 12.1 Å². The summed E-state index contributed by atoms with van der Waals surface area (Å²) >= 11 is 0. The molecule has 126 valence electrons. The van der Waals surface area contributed by atoms with E-state index in [2.05, 4.69) is 15.3 Å². The van der Waals surface area contributed by atoms with Crippen LogP contribution >= 0.6 is 0 Å². The topological polar surface area (TPSA) is 82.6 Å². The second-order valence-electron chi connectivity index (χ2n) is 5.34. The van der Waals surface area contributed by atoms with Crippen LogP contribution in [-0.4, -0.2) is 47.8 Å². The zero-order chi connectivity index (χ0) is 16.6. The lowest BCUT2D eigenvalue weighted by Crippen LogP contribution is -2.52. The van der Waals surface area contributed by atoms with Crippen molar-refractivity contribution in [1.29, 1.82) is 0 Å². The van der Waals surface area contributed by atoms with Gasteiger partial charge < -0.3 is 19.5 Å². The molecule has 0 radical (unpaired) electrons. The van der Waals surface area contributed by atoms with Crippen molar-refractivity contribution in [1.82, 2.24) is 15.3 Å². The van der Waals surface area contributed by atoms with Crippen LogP contribution in [0.4, 0.5) is 0 Å². The van der Waals surface area contributed by atoms with Gasteiger partial charge in [-0.2, -0.15) is 0 Å². The van der Waals surface area contributed by atoms with Crippen molar-refractivity contribution in [2.75, 3.05) is 19.8 Å². The van der Waals surface area contributed by atoms with E-state index in [1.165, 1.54) is 0 Å². The maximum atomic E-state index is 12.1. The molecule has 0 aliphatic carbocycles. The van der Waals surface area contributed by atoms with Gasteiger partial charge in [0.25, 0.3) is 5.91 Å². The number of hydrogen-bond acceptors (Lipinski definition) is 6. The van der Waals surface area contributed by atoms with E-state index < -0.39 is 0 Å². The van der Waals surface area contributed by atoms with Gasteiger partial charge in [0.1, 0.15) is 11.9 Å². The van der Waals surface area contributed by atoms with Crippen molar-refractivity contribution in [2.24, 2.45) is 0 Å². The summed E-state index contributed by atoms with van der Waals surface area (Å²) in [5.41, 5.74) is 0. The monoisotopic (exact) mass is 329 g/mol. The van der Waals surface area contributed by atoms with Gasteiger partial charge in [0.15, 0.2) is 6.61 Å². The number of carbonyl (C=O) groups excluding carboxylic acids is 1. The van der Waals surface area contributed by atoms with Gasteiger partial charge >= 0.3 is 0 Å². The van der Waals surface area contributed by atoms with E-state index in [4.69, 9.17) is 14.2 Å². The average molecular weight is 329 g/mol. The highest BCUT2D eigenvalue weighted by Crippen LogP contribution is 2.15. The molecule has 7 nitrogen and oxygen atoms in total. The summed E-state index contributed by atoms with van der Waals surface area (Å²) in [6, 6.07) is 8.80. The second-order valence-corrected chi connectivity index (χ2v) is 5.34. The van der Waals surface area contributed by atoms with Crippen LogP contribution in [0.1, 0.15) is 6.42 Å². The van der Waals surface area contributed by atoms with Gasteiger partial charge in [-0.3, -0.25) is 9.78 Å². The third-order valence-electron chi connectivity index (χ3n) is 3.56. The molecule has 7 heteroatoms. The van der Waals surface area contributed by atoms with Gasteiger partial charge in [0.05, 0.1) is 18.8 Å². The van der Waals surface area contributed by atoms with Gasteiger partial charge in [0.2, 0.25) is 5.88 Å². The molecule has 0 bridgehead atoms. The molecule has 2 aromatic heterocycles. The largest absolute Gasteiger partial charge is 0.482 e. The Morgan fingerprint density at radius 2 is 2.25 bits per heavy atom. The molecule has 1 aliphatic heterocycles. The van der Waals surface area contributed by atoms with Gasteiger partial charge in [-0.05, 0) is 24.6 Å². The molecule has 1 fully saturated rings. The van der Waals surface area contributed by atoms with Crippen LogP contribution in [0.5, 0.6) is 11.6 Å². The molecule has 0 saturated carbocycles. The van der Waals surface area contributed by atoms with Crippen molar-refractivity contribution < 1.29 is 19.0 Å². The lowest BCUT2D eigenvalue weighted by Gasteiger charge is -2.31. The van der Waals surface area contributed by atoms with Crippen LogP contribution in [0.25, 0.3) is 0 Å². The summed E-state index contributed by atoms with van der Waals surface area (Å²) in [4.78, 5) is 20.2. The lowest BCUT2D eigenvalue weighted by atomic mass is 10.1. The number of amides is 1. The fourth-order valence-electron chi connectivity index (χ4n) is 2.39. The third kappa shape index (κ3) is 4.66. The highest BCUT2D eigenvalue weighted by molar-refractivity contribution is 5.77. The Morgan fingerprint density at radius 3 is 3.04 bits per heavy atom. The number of ether oxygens (including phenoxy) is 3. The summed E-state index contributed by atoms with van der Waals surface area (Å²) < 4.78 is 16.7. The van der Waals surface area contributed by atoms with E-state index in [1.54, 1.807) is 36.8 Å². The first-order valence-electron chi connectivity index (χ1n) is 7.79. The molecule has 1 amide bonds. The Morgan fingerprint density at radius 1 is 1.29 bits per heavy atom. The second kappa shape index (κ2) is 8.26. The third-order valence-corrected chi connectivity index (χ3v) is 3.56. The van der Waals surface area contributed by atoms with Crippen LogP contribution in [0.2, 0.25) is 0 Å². The Balaban J connectivity index is 1.52. The maximum absolute atomic E-state index is 12.1. The first-order chi connectivity index (χ1) is 11.8. The Kier molecular flexibility index (Phi) is 5.57. The molecule has 2 atom stereocenters. The minimum atomic E-state index is -0.281. The summed E-state index contributed by atoms with van der Waals surface area (Å²) in [5, 5.41) is 2.94. The quantitative estimate of drug-likeness (QED) is 0.858. The summed E-state index contributed by atoms with van der Waals surface area (Å²) in [6.07, 6.45) is 5.27. The van der Waals surface area contributed by atoms with Crippen molar-refractivity contribution >= 4 is 5.91 Å². The van der Waals surface area contributed by atoms with Crippen LogP contribution < -0.4 is 14.8 Å². The predicted octanol–water partition coefficient (Wildman–Crippen LogP) is 1.21. The first-order valence-corrected chi connectivity index (χ1v) is 7.79. The number of nitrogens with zero attached hydrogens (tertiary/aromatic N) is 2. The number of rotatable bonds is 6. The first kappa shape index (κ1) is 16.2. The van der Waals surface area contributed by atoms with Crippen LogP contribution in [0, 0.1) is 0 Å². The van der Waals surface area contributed by atoms with Gasteiger partial charge in [-0.15, -0.1) is 0 Å². The highest BCUT2D eigenvalue weighted by Gasteiger charge is 2.29. The van der Waals surface area contributed by atoms with Crippen molar-refractivity contribution in [3.05, 3.63) is 48.9 Å². The Labute approximate surface area is 140 Å². The summed E-state index contributed by atoms with van der Waals surface area (Å²) in [6.45, 7) is 0.917. The average Bonchev–Trinajstić information content (AvgIpc) is 2.63. The number of aromatic nitrogens is 2. The van der Waals surface area contributed by atoms with Gasteiger partial charge in [-0.1, -0.05) is 6.07 Å². The Hall–Kier alpha value is -2.67. The van der Waals surface area contributed by atoms with E-state index >= 15 is 0 Å². The molecule has 0 aromatic carbocycles. The molecule has 24 heavy (non-hydrogen) atoms. The number of carbonyl (C=O) groups is 1. The molecule has 1 N–H and O–H groups in total. The summed E-state index contributed by atoms with van der Waals surface area (Å²) in [7, 11) is 0. The molecule has 3 rings (SSSR count). The van der Waals surface area contributed by atoms with E-state index in [9.17, 15) is 4.79 Å². The molecule has 0 unspecified atom stereocenters. The zero-order valence-corrected chi connectivity index (χ0v) is 13.1. The molecule has 3 heterocycles. The predicted molar refractivity (Wildman–Crippen MR) is 85.8 cm³/mol. The fourth-order valence-corrected chi connectivity index (χ4v) is 2.39. The van der Waals surface area contributed by atoms with Crippen LogP contribution in [0.3, 0.4) is 0 Å². The minimum absolute atomic E-state index is 0.0701. The van der Waals surface area contributed by atoms with Crippen molar-refractivity contribution in [3.8, 4) is 11.6 Å². The number of pyridine rings is 2. The molecule has 2 aromatic rings. The van der Waals surface area contributed by atoms with Gasteiger partial charge in [-0.25, -0.2) is 4.98 Å². The summed E-state index contributed by atoms with van der Waals surface area (Å²) in [5.74, 6) is 0.861. The number of hydrogen-bond donors (Lipinski definition) is 1. The smallest absolute Gasteiger partial charge is 0.258 e. The fraction of sp³-hybridized carbons (Fsp3) is 0.353. The molecule has 0 spiro atoms. The van der Waals surface area contributed by atoms with E-state index in [0.29, 0.717) is 31.3 Å². The van der Waals surface area contributed by atoms with Gasteiger partial charge in [0, 0.05) is 25.1 Å². The lowest BCUT2D eigenvalue weighted by molar-refractivity contribution is -0.126. The SMILES string of the molecule is O=C(COc1cccnc1)N[C@@H]1CCOC[C@H]1Oc1ccccn1. The molecular weight excluding hydrogens is 310 g/mol. The van der Waals surface area contributed by atoms with Crippen molar-refractivity contribution in [2.45, 2.75) is 18.6 Å². The highest BCUT2D eigenvalue weighted by atomic mass is 16.5. The zero-order valence-electron chi connectivity index (χ0n) is 13.1. The van der Waals surface area contributed by atoms with E-state index in [0.717, 1.165) is 0 Å². The van der Waals surface area contributed by atoms with E-state index in [-0.39, 0.29) is 24.7 Å². The maximum Gasteiger partial charge on any atom is 0.258 e. The normalized spacial score (nSPS) is 20.2. The number of nitrogens with one attached hydrogen (secondary N) is 1. The molecule has 1 aliphatic rings. The molecular formula is C17H19N3O4.